The van der Waals surface area contributed by atoms with Gasteiger partial charge in [0, 0.05) is 13.1 Å². The predicted molar refractivity (Wildman–Crippen MR) is 54.1 cm³/mol. The summed E-state index contributed by atoms with van der Waals surface area (Å²) in [6, 6.07) is 0. The average molecular weight is 219 g/mol. The van der Waals surface area contributed by atoms with Gasteiger partial charge in [-0.15, -0.1) is 0 Å². The van der Waals surface area contributed by atoms with Crippen molar-refractivity contribution in [2.45, 2.75) is 25.3 Å². The van der Waals surface area contributed by atoms with Crippen LogP contribution in [0.5, 0.6) is 0 Å². The maximum Gasteiger partial charge on any atom is 0.280 e. The van der Waals surface area contributed by atoms with Crippen molar-refractivity contribution in [3.05, 3.63) is 0 Å². The van der Waals surface area contributed by atoms with E-state index in [-0.39, 0.29) is 5.54 Å². The van der Waals surface area contributed by atoms with Crippen LogP contribution in [0.1, 0.15) is 19.8 Å². The maximum atomic E-state index is 11.7. The Morgan fingerprint density at radius 2 is 2.00 bits per heavy atom. The third-order valence-corrected chi connectivity index (χ3v) is 4.96. The minimum absolute atomic E-state index is 0.154. The minimum Gasteiger partial charge on any atom is -0.317 e. The van der Waals surface area contributed by atoms with Crippen molar-refractivity contribution in [1.82, 2.24) is 14.3 Å². The Bertz CT molecular complexity index is 309. The first-order chi connectivity index (χ1) is 6.61. The lowest BCUT2D eigenvalue weighted by molar-refractivity contribution is 0.169. The van der Waals surface area contributed by atoms with Gasteiger partial charge in [-0.1, -0.05) is 6.92 Å². The Balaban J connectivity index is 2.27. The molecule has 0 aromatic carbocycles. The van der Waals surface area contributed by atoms with Crippen LogP contribution in [0, 0.1) is 0 Å². The highest BCUT2D eigenvalue weighted by molar-refractivity contribution is 7.87. The summed E-state index contributed by atoms with van der Waals surface area (Å²) in [6.07, 6.45) is 1.82. The number of nitrogens with one attached hydrogen (secondary N) is 2. The quantitative estimate of drug-likeness (QED) is 0.612. The first kappa shape index (κ1) is 10.4. The van der Waals surface area contributed by atoms with E-state index in [1.54, 1.807) is 4.31 Å². The molecular weight excluding hydrogens is 202 g/mol. The van der Waals surface area contributed by atoms with E-state index in [1.807, 2.05) is 6.92 Å². The molecule has 2 saturated heterocycles. The van der Waals surface area contributed by atoms with E-state index in [9.17, 15) is 8.42 Å². The second kappa shape index (κ2) is 3.44. The Morgan fingerprint density at radius 1 is 1.36 bits per heavy atom. The average Bonchev–Trinajstić information content (AvgIpc) is 2.40. The molecule has 2 aliphatic rings. The van der Waals surface area contributed by atoms with Gasteiger partial charge in [0.1, 0.15) is 0 Å². The zero-order chi connectivity index (χ0) is 10.2. The molecule has 0 bridgehead atoms. The molecule has 1 spiro atoms. The molecule has 0 unspecified atom stereocenters. The number of nitrogens with zero attached hydrogens (tertiary/aromatic N) is 1. The van der Waals surface area contributed by atoms with Crippen LogP contribution >= 0.6 is 0 Å². The van der Waals surface area contributed by atoms with Crippen molar-refractivity contribution in [3.63, 3.8) is 0 Å². The minimum atomic E-state index is -3.19. The second-order valence-electron chi connectivity index (χ2n) is 3.97. The predicted octanol–water partition coefficient (Wildman–Crippen LogP) is -0.721. The molecule has 0 amide bonds. The summed E-state index contributed by atoms with van der Waals surface area (Å²) in [5, 5.41) is 3.26. The fourth-order valence-electron chi connectivity index (χ4n) is 2.47. The lowest BCUT2D eigenvalue weighted by atomic mass is 9.88. The Morgan fingerprint density at radius 3 is 2.57 bits per heavy atom. The second-order valence-corrected chi connectivity index (χ2v) is 5.64. The Labute approximate surface area is 85.0 Å². The summed E-state index contributed by atoms with van der Waals surface area (Å²) < 4.78 is 27.6. The summed E-state index contributed by atoms with van der Waals surface area (Å²) in [4.78, 5) is 0. The van der Waals surface area contributed by atoms with Crippen molar-refractivity contribution in [1.29, 1.82) is 0 Å². The fraction of sp³-hybridized carbons (Fsp3) is 1.00. The zero-order valence-electron chi connectivity index (χ0n) is 8.41. The zero-order valence-corrected chi connectivity index (χ0v) is 9.23. The fourth-order valence-corrected chi connectivity index (χ4v) is 4.17. The van der Waals surface area contributed by atoms with Gasteiger partial charge in [-0.2, -0.15) is 12.7 Å². The number of hydrogen-bond donors (Lipinski definition) is 2. The lowest BCUT2D eigenvalue weighted by Gasteiger charge is -2.38. The maximum absolute atomic E-state index is 11.7. The van der Waals surface area contributed by atoms with E-state index in [4.69, 9.17) is 0 Å². The molecule has 2 aliphatic heterocycles. The van der Waals surface area contributed by atoms with Crippen molar-refractivity contribution in [2.24, 2.45) is 0 Å². The van der Waals surface area contributed by atoms with E-state index in [1.165, 1.54) is 0 Å². The summed E-state index contributed by atoms with van der Waals surface area (Å²) in [5.74, 6) is 0. The van der Waals surface area contributed by atoms with Gasteiger partial charge >= 0.3 is 0 Å². The van der Waals surface area contributed by atoms with Crippen molar-refractivity contribution in [2.75, 3.05) is 26.2 Å². The summed E-state index contributed by atoms with van der Waals surface area (Å²) >= 11 is 0. The first-order valence-corrected chi connectivity index (χ1v) is 6.53. The molecule has 0 aliphatic carbocycles. The molecule has 0 atom stereocenters. The summed E-state index contributed by atoms with van der Waals surface area (Å²) in [6.45, 7) is 4.86. The Kier molecular flexibility index (Phi) is 2.55. The van der Waals surface area contributed by atoms with Gasteiger partial charge in [-0.3, -0.25) is 0 Å². The molecule has 2 fully saturated rings. The third kappa shape index (κ3) is 1.46. The van der Waals surface area contributed by atoms with E-state index < -0.39 is 10.2 Å². The highest BCUT2D eigenvalue weighted by atomic mass is 32.2. The highest BCUT2D eigenvalue weighted by Gasteiger charge is 2.48. The van der Waals surface area contributed by atoms with Gasteiger partial charge < -0.3 is 5.32 Å². The van der Waals surface area contributed by atoms with E-state index in [0.29, 0.717) is 13.1 Å². The number of piperidine rings is 1. The SMILES string of the molecule is CCN1C2(CCNCC2)CNS1(=O)=O. The van der Waals surface area contributed by atoms with E-state index >= 15 is 0 Å². The molecule has 5 nitrogen and oxygen atoms in total. The lowest BCUT2D eigenvalue weighted by Crippen LogP contribution is -2.53. The normalized spacial score (nSPS) is 30.9. The van der Waals surface area contributed by atoms with Gasteiger partial charge in [0.2, 0.25) is 0 Å². The molecule has 0 saturated carbocycles. The van der Waals surface area contributed by atoms with Crippen molar-refractivity contribution >= 4 is 10.2 Å². The van der Waals surface area contributed by atoms with Crippen LogP contribution in [0.4, 0.5) is 0 Å². The van der Waals surface area contributed by atoms with Gasteiger partial charge in [-0.05, 0) is 25.9 Å². The molecule has 82 valence electrons. The van der Waals surface area contributed by atoms with Gasteiger partial charge in [0.25, 0.3) is 10.2 Å². The number of hydrogen-bond acceptors (Lipinski definition) is 3. The summed E-state index contributed by atoms with van der Waals surface area (Å²) in [5.41, 5.74) is -0.154. The third-order valence-electron chi connectivity index (χ3n) is 3.22. The van der Waals surface area contributed by atoms with E-state index in [0.717, 1.165) is 25.9 Å². The summed E-state index contributed by atoms with van der Waals surface area (Å²) in [7, 11) is -3.19. The van der Waals surface area contributed by atoms with Crippen LogP contribution in [0.25, 0.3) is 0 Å². The van der Waals surface area contributed by atoms with Crippen LogP contribution in [0.15, 0.2) is 0 Å². The van der Waals surface area contributed by atoms with Gasteiger partial charge in [-0.25, -0.2) is 4.72 Å². The molecule has 0 aromatic rings. The van der Waals surface area contributed by atoms with Crippen molar-refractivity contribution in [3.8, 4) is 0 Å². The highest BCUT2D eigenvalue weighted by Crippen LogP contribution is 2.32. The van der Waals surface area contributed by atoms with Gasteiger partial charge in [0.05, 0.1) is 5.54 Å². The number of rotatable bonds is 1. The number of likely N-dealkylation sites (N-methyl/N-ethyl adjacent to an activating group) is 1. The molecule has 2 heterocycles. The standard InChI is InChI=1S/C8H17N3O2S/c1-2-11-8(3-5-9-6-4-8)7-10-14(11,12)13/h9-10H,2-7H2,1H3. The van der Waals surface area contributed by atoms with Crippen LogP contribution in [0.3, 0.4) is 0 Å². The Hall–Kier alpha value is -0.170. The first-order valence-electron chi connectivity index (χ1n) is 5.09. The largest absolute Gasteiger partial charge is 0.317 e. The van der Waals surface area contributed by atoms with Gasteiger partial charge in [0.15, 0.2) is 0 Å². The molecule has 6 heteroatoms. The van der Waals surface area contributed by atoms with Crippen LogP contribution < -0.4 is 10.0 Å². The van der Waals surface area contributed by atoms with Crippen LogP contribution in [-0.4, -0.2) is 44.4 Å². The van der Waals surface area contributed by atoms with Crippen molar-refractivity contribution < 1.29 is 8.42 Å². The van der Waals surface area contributed by atoms with Crippen LogP contribution in [0.2, 0.25) is 0 Å². The molecule has 14 heavy (non-hydrogen) atoms. The molecule has 2 rings (SSSR count). The smallest absolute Gasteiger partial charge is 0.280 e. The van der Waals surface area contributed by atoms with E-state index in [2.05, 4.69) is 10.0 Å². The monoisotopic (exact) mass is 219 g/mol. The molecular formula is C8H17N3O2S. The molecule has 0 aromatic heterocycles. The molecule has 0 radical (unpaired) electrons. The van der Waals surface area contributed by atoms with Crippen LogP contribution in [-0.2, 0) is 10.2 Å². The topological polar surface area (TPSA) is 61.4 Å². The molecule has 2 N–H and O–H groups in total.